The van der Waals surface area contributed by atoms with E-state index in [1.807, 2.05) is 32.9 Å². The quantitative estimate of drug-likeness (QED) is 0.649. The molecule has 0 bridgehead atoms. The maximum absolute atomic E-state index is 12.6. The zero-order valence-corrected chi connectivity index (χ0v) is 20.1. The van der Waals surface area contributed by atoms with Crippen molar-refractivity contribution < 1.29 is 13.2 Å². The highest BCUT2D eigenvalue weighted by Crippen LogP contribution is 2.26. The van der Waals surface area contributed by atoms with Gasteiger partial charge in [0, 0.05) is 25.2 Å². The van der Waals surface area contributed by atoms with Gasteiger partial charge in [-0.3, -0.25) is 9.69 Å². The number of Topliss-reactive ketones (excluding diaryl/α,β-unsaturated/α-hetero) is 1. The smallest absolute Gasteiger partial charge is 0.240 e. The number of sulfonamides is 1. The number of benzene rings is 2. The number of ketones is 1. The van der Waals surface area contributed by atoms with Gasteiger partial charge in [0.15, 0.2) is 5.78 Å². The molecule has 2 aromatic rings. The zero-order chi connectivity index (χ0) is 22.8. The third-order valence-electron chi connectivity index (χ3n) is 6.36. The van der Waals surface area contributed by atoms with Crippen LogP contribution in [-0.4, -0.2) is 38.7 Å². The van der Waals surface area contributed by atoms with Gasteiger partial charge < -0.3 is 0 Å². The summed E-state index contributed by atoms with van der Waals surface area (Å²) in [6.45, 7) is 12.8. The second-order valence-corrected chi connectivity index (χ2v) is 10.7. The molecule has 0 amide bonds. The molecule has 1 saturated heterocycles. The van der Waals surface area contributed by atoms with Gasteiger partial charge in [-0.25, -0.2) is 13.1 Å². The summed E-state index contributed by atoms with van der Waals surface area (Å²) >= 11 is 0. The van der Waals surface area contributed by atoms with Gasteiger partial charge in [0.2, 0.25) is 10.0 Å². The molecular formula is C25H34N2O3S. The first-order valence-electron chi connectivity index (χ1n) is 11.0. The van der Waals surface area contributed by atoms with Crippen LogP contribution in [0, 0.1) is 33.6 Å². The minimum absolute atomic E-state index is 0.110. The van der Waals surface area contributed by atoms with Gasteiger partial charge in [0.1, 0.15) is 0 Å². The van der Waals surface area contributed by atoms with E-state index in [1.54, 1.807) is 19.1 Å². The molecule has 0 spiro atoms. The van der Waals surface area contributed by atoms with Crippen molar-refractivity contribution in [2.75, 3.05) is 19.6 Å². The van der Waals surface area contributed by atoms with E-state index in [1.165, 1.54) is 11.1 Å². The molecule has 0 unspecified atom stereocenters. The van der Waals surface area contributed by atoms with Crippen LogP contribution in [0.2, 0.25) is 0 Å². The van der Waals surface area contributed by atoms with E-state index in [-0.39, 0.29) is 11.7 Å². The standard InChI is InChI=1S/C25H34N2O3S/c1-17-8-10-23(11-9-17)31(29,30)26-14-22-7-6-12-27(15-22)16-24-18(2)13-19(3)25(20(24)4)21(5)28/h8-11,13,22,26H,6-7,12,14-16H2,1-5H3/t22-/m1/s1. The fraction of sp³-hybridized carbons (Fsp3) is 0.480. The van der Waals surface area contributed by atoms with Gasteiger partial charge in [0.05, 0.1) is 4.90 Å². The van der Waals surface area contributed by atoms with Gasteiger partial charge >= 0.3 is 0 Å². The number of nitrogens with one attached hydrogen (secondary N) is 1. The molecule has 1 aliphatic rings. The Morgan fingerprint density at radius 3 is 2.42 bits per heavy atom. The summed E-state index contributed by atoms with van der Waals surface area (Å²) in [4.78, 5) is 14.8. The van der Waals surface area contributed by atoms with Crippen LogP contribution in [0.5, 0.6) is 0 Å². The average Bonchev–Trinajstić information content (AvgIpc) is 2.70. The number of carbonyl (C=O) groups excluding carboxylic acids is 1. The molecule has 31 heavy (non-hydrogen) atoms. The number of aryl methyl sites for hydroxylation is 3. The summed E-state index contributed by atoms with van der Waals surface area (Å²) in [7, 11) is -3.49. The minimum Gasteiger partial charge on any atom is -0.299 e. The molecule has 5 nitrogen and oxygen atoms in total. The first-order valence-corrected chi connectivity index (χ1v) is 12.5. The van der Waals surface area contributed by atoms with E-state index in [2.05, 4.69) is 22.6 Å². The summed E-state index contributed by atoms with van der Waals surface area (Å²) in [6, 6.07) is 9.05. The molecule has 1 heterocycles. The monoisotopic (exact) mass is 442 g/mol. The summed E-state index contributed by atoms with van der Waals surface area (Å²) in [5.41, 5.74) is 6.41. The average molecular weight is 443 g/mol. The van der Waals surface area contributed by atoms with Crippen molar-refractivity contribution in [3.63, 3.8) is 0 Å². The van der Waals surface area contributed by atoms with E-state index in [9.17, 15) is 13.2 Å². The number of hydrogen-bond acceptors (Lipinski definition) is 4. The van der Waals surface area contributed by atoms with E-state index in [4.69, 9.17) is 0 Å². The van der Waals surface area contributed by atoms with Gasteiger partial charge in [-0.05, 0) is 94.3 Å². The molecule has 1 N–H and O–H groups in total. The Kier molecular flexibility index (Phi) is 7.35. The lowest BCUT2D eigenvalue weighted by atomic mass is 9.90. The lowest BCUT2D eigenvalue weighted by Crippen LogP contribution is -2.40. The van der Waals surface area contributed by atoms with Crippen LogP contribution in [0.25, 0.3) is 0 Å². The molecule has 6 heteroatoms. The van der Waals surface area contributed by atoms with Gasteiger partial charge in [-0.2, -0.15) is 0 Å². The Hall–Kier alpha value is -2.02. The lowest BCUT2D eigenvalue weighted by Gasteiger charge is -2.34. The summed E-state index contributed by atoms with van der Waals surface area (Å²) < 4.78 is 28.1. The van der Waals surface area contributed by atoms with Crippen LogP contribution in [0.1, 0.15) is 57.9 Å². The highest BCUT2D eigenvalue weighted by atomic mass is 32.2. The molecule has 168 valence electrons. The van der Waals surface area contributed by atoms with Crippen molar-refractivity contribution in [1.29, 1.82) is 0 Å². The predicted octanol–water partition coefficient (Wildman–Crippen LogP) is 4.31. The topological polar surface area (TPSA) is 66.5 Å². The molecule has 0 saturated carbocycles. The van der Waals surface area contributed by atoms with E-state index >= 15 is 0 Å². The largest absolute Gasteiger partial charge is 0.299 e. The van der Waals surface area contributed by atoms with Crippen molar-refractivity contribution in [3.05, 3.63) is 63.7 Å². The Morgan fingerprint density at radius 2 is 1.77 bits per heavy atom. The summed E-state index contributed by atoms with van der Waals surface area (Å²) in [5, 5.41) is 0. The zero-order valence-electron chi connectivity index (χ0n) is 19.3. The van der Waals surface area contributed by atoms with Crippen LogP contribution < -0.4 is 4.72 Å². The molecule has 1 fully saturated rings. The molecule has 0 aliphatic carbocycles. The second-order valence-electron chi connectivity index (χ2n) is 8.95. The predicted molar refractivity (Wildman–Crippen MR) is 125 cm³/mol. The first-order chi connectivity index (χ1) is 14.6. The Morgan fingerprint density at radius 1 is 1.10 bits per heavy atom. The number of nitrogens with zero attached hydrogens (tertiary/aromatic N) is 1. The van der Waals surface area contributed by atoms with Crippen molar-refractivity contribution in [3.8, 4) is 0 Å². The maximum Gasteiger partial charge on any atom is 0.240 e. The van der Waals surface area contributed by atoms with E-state index < -0.39 is 10.0 Å². The summed E-state index contributed by atoms with van der Waals surface area (Å²) in [6.07, 6.45) is 2.05. The third kappa shape index (κ3) is 5.62. The highest BCUT2D eigenvalue weighted by Gasteiger charge is 2.24. The van der Waals surface area contributed by atoms with E-state index in [0.717, 1.165) is 54.7 Å². The minimum atomic E-state index is -3.49. The number of likely N-dealkylation sites (tertiary alicyclic amines) is 1. The summed E-state index contributed by atoms with van der Waals surface area (Å²) in [5.74, 6) is 0.380. The Balaban J connectivity index is 1.67. The lowest BCUT2D eigenvalue weighted by molar-refractivity contribution is 0.101. The number of hydrogen-bond donors (Lipinski definition) is 1. The number of rotatable bonds is 7. The molecule has 1 aliphatic heterocycles. The molecule has 0 radical (unpaired) electrons. The SMILES string of the molecule is CC(=O)c1c(C)cc(C)c(CN2CCC[C@H](CNS(=O)(=O)c3ccc(C)cc3)C2)c1C. The van der Waals surface area contributed by atoms with E-state index in [0.29, 0.717) is 11.4 Å². The highest BCUT2D eigenvalue weighted by molar-refractivity contribution is 7.89. The van der Waals surface area contributed by atoms with Crippen molar-refractivity contribution in [1.82, 2.24) is 9.62 Å². The van der Waals surface area contributed by atoms with Crippen LogP contribution in [0.4, 0.5) is 0 Å². The molecular weight excluding hydrogens is 408 g/mol. The Bertz CT molecular complexity index is 1060. The molecule has 2 aromatic carbocycles. The first kappa shape index (κ1) is 23.6. The molecule has 1 atom stereocenters. The van der Waals surface area contributed by atoms with Crippen LogP contribution >= 0.6 is 0 Å². The van der Waals surface area contributed by atoms with Crippen molar-refractivity contribution >= 4 is 15.8 Å². The fourth-order valence-electron chi connectivity index (χ4n) is 4.72. The van der Waals surface area contributed by atoms with Crippen molar-refractivity contribution in [2.45, 2.75) is 58.9 Å². The third-order valence-corrected chi connectivity index (χ3v) is 7.80. The van der Waals surface area contributed by atoms with Gasteiger partial charge in [0.25, 0.3) is 0 Å². The van der Waals surface area contributed by atoms with Crippen LogP contribution in [0.3, 0.4) is 0 Å². The van der Waals surface area contributed by atoms with Crippen LogP contribution in [-0.2, 0) is 16.6 Å². The Labute approximate surface area is 186 Å². The maximum atomic E-state index is 12.6. The number of carbonyl (C=O) groups is 1. The fourth-order valence-corrected chi connectivity index (χ4v) is 5.84. The molecule has 3 rings (SSSR count). The second kappa shape index (κ2) is 9.63. The number of piperidine rings is 1. The van der Waals surface area contributed by atoms with Crippen LogP contribution in [0.15, 0.2) is 35.2 Å². The van der Waals surface area contributed by atoms with Crippen molar-refractivity contribution in [2.24, 2.45) is 5.92 Å². The van der Waals surface area contributed by atoms with Gasteiger partial charge in [-0.15, -0.1) is 0 Å². The van der Waals surface area contributed by atoms with Gasteiger partial charge in [-0.1, -0.05) is 23.8 Å². The molecule has 0 aromatic heterocycles. The normalized spacial score (nSPS) is 17.6.